The van der Waals surface area contributed by atoms with Gasteiger partial charge in [-0.2, -0.15) is 0 Å². The van der Waals surface area contributed by atoms with E-state index in [0.29, 0.717) is 24.4 Å². The Labute approximate surface area is 152 Å². The number of carbonyl (C=O) groups is 3. The number of para-hydroxylation sites is 1. The van der Waals surface area contributed by atoms with Crippen LogP contribution in [0.5, 0.6) is 0 Å². The molecular weight excluding hydrogens is 328 g/mol. The smallest absolute Gasteiger partial charge is 0.258 e. The summed E-state index contributed by atoms with van der Waals surface area (Å²) in [6, 6.07) is 15.4. The standard InChI is InChI=1S/C21H20N2O3/c1-13-12-23(18-5-3-2-4-17(13)18)21(26)15-8-6-14(7-9-15)10-16-11-19(24)22-20(16)25/h2-9,13,16H,10-12H2,1H3,(H,22,24,25)/t13-,16+/m0/s1. The van der Waals surface area contributed by atoms with Crippen molar-refractivity contribution < 1.29 is 14.4 Å². The van der Waals surface area contributed by atoms with Gasteiger partial charge < -0.3 is 4.90 Å². The number of hydrogen-bond acceptors (Lipinski definition) is 3. The molecule has 26 heavy (non-hydrogen) atoms. The molecule has 2 aliphatic rings. The molecule has 132 valence electrons. The summed E-state index contributed by atoms with van der Waals surface area (Å²) in [5, 5.41) is 2.33. The first-order valence-corrected chi connectivity index (χ1v) is 8.86. The van der Waals surface area contributed by atoms with E-state index in [1.54, 1.807) is 12.1 Å². The van der Waals surface area contributed by atoms with Crippen LogP contribution < -0.4 is 10.2 Å². The van der Waals surface area contributed by atoms with Crippen molar-refractivity contribution in [2.75, 3.05) is 11.4 Å². The number of anilines is 1. The summed E-state index contributed by atoms with van der Waals surface area (Å²) >= 11 is 0. The molecule has 3 amide bonds. The summed E-state index contributed by atoms with van der Waals surface area (Å²) in [6.45, 7) is 2.81. The van der Waals surface area contributed by atoms with Gasteiger partial charge in [0.2, 0.25) is 11.8 Å². The largest absolute Gasteiger partial charge is 0.307 e. The maximum Gasteiger partial charge on any atom is 0.258 e. The van der Waals surface area contributed by atoms with Gasteiger partial charge in [-0.3, -0.25) is 19.7 Å². The molecule has 2 aromatic rings. The molecule has 2 aromatic carbocycles. The first-order chi connectivity index (χ1) is 12.5. The molecule has 1 fully saturated rings. The molecule has 0 unspecified atom stereocenters. The monoisotopic (exact) mass is 348 g/mol. The molecule has 0 radical (unpaired) electrons. The number of fused-ring (bicyclic) bond motifs is 1. The average Bonchev–Trinajstić information content (AvgIpc) is 3.14. The van der Waals surface area contributed by atoms with E-state index in [4.69, 9.17) is 0 Å². The minimum Gasteiger partial charge on any atom is -0.307 e. The van der Waals surface area contributed by atoms with Gasteiger partial charge in [-0.1, -0.05) is 37.3 Å². The van der Waals surface area contributed by atoms with Crippen LogP contribution in [0.2, 0.25) is 0 Å². The van der Waals surface area contributed by atoms with E-state index in [1.807, 2.05) is 35.2 Å². The molecule has 1 N–H and O–H groups in total. The van der Waals surface area contributed by atoms with E-state index in [1.165, 1.54) is 5.56 Å². The second-order valence-electron chi connectivity index (χ2n) is 7.09. The third-order valence-electron chi connectivity index (χ3n) is 5.21. The lowest BCUT2D eigenvalue weighted by molar-refractivity contribution is -0.125. The highest BCUT2D eigenvalue weighted by Gasteiger charge is 2.31. The zero-order valence-electron chi connectivity index (χ0n) is 14.6. The number of rotatable bonds is 3. The quantitative estimate of drug-likeness (QED) is 0.867. The molecule has 0 bridgehead atoms. The van der Waals surface area contributed by atoms with Crippen molar-refractivity contribution in [2.45, 2.75) is 25.7 Å². The van der Waals surface area contributed by atoms with Crippen LogP contribution in [0.15, 0.2) is 48.5 Å². The van der Waals surface area contributed by atoms with E-state index >= 15 is 0 Å². The van der Waals surface area contributed by atoms with Gasteiger partial charge in [-0.05, 0) is 35.7 Å². The molecule has 1 saturated heterocycles. The Kier molecular flexibility index (Phi) is 4.07. The van der Waals surface area contributed by atoms with E-state index in [9.17, 15) is 14.4 Å². The van der Waals surface area contributed by atoms with Crippen LogP contribution in [0, 0.1) is 5.92 Å². The molecule has 0 spiro atoms. The van der Waals surface area contributed by atoms with Crippen LogP contribution in [0.1, 0.15) is 40.7 Å². The Morgan fingerprint density at radius 1 is 1.12 bits per heavy atom. The van der Waals surface area contributed by atoms with Gasteiger partial charge in [0.05, 0.1) is 5.92 Å². The van der Waals surface area contributed by atoms with Crippen molar-refractivity contribution in [2.24, 2.45) is 5.92 Å². The van der Waals surface area contributed by atoms with Gasteiger partial charge in [-0.15, -0.1) is 0 Å². The highest BCUT2D eigenvalue weighted by Crippen LogP contribution is 2.36. The van der Waals surface area contributed by atoms with Crippen molar-refractivity contribution in [1.29, 1.82) is 0 Å². The lowest BCUT2D eigenvalue weighted by Gasteiger charge is -2.18. The van der Waals surface area contributed by atoms with Crippen LogP contribution in [0.4, 0.5) is 5.69 Å². The molecule has 0 aliphatic carbocycles. The van der Waals surface area contributed by atoms with Gasteiger partial charge in [0, 0.05) is 30.1 Å². The summed E-state index contributed by atoms with van der Waals surface area (Å²) in [7, 11) is 0. The van der Waals surface area contributed by atoms with Gasteiger partial charge >= 0.3 is 0 Å². The fourth-order valence-electron chi connectivity index (χ4n) is 3.81. The van der Waals surface area contributed by atoms with E-state index in [-0.39, 0.29) is 30.1 Å². The van der Waals surface area contributed by atoms with Gasteiger partial charge in [0.15, 0.2) is 0 Å². The number of amides is 3. The fourth-order valence-corrected chi connectivity index (χ4v) is 3.81. The minimum absolute atomic E-state index is 0.0119. The Morgan fingerprint density at radius 3 is 2.54 bits per heavy atom. The van der Waals surface area contributed by atoms with E-state index < -0.39 is 0 Å². The number of nitrogens with one attached hydrogen (secondary N) is 1. The second kappa shape index (κ2) is 6.41. The number of nitrogens with zero attached hydrogens (tertiary/aromatic N) is 1. The third kappa shape index (κ3) is 2.90. The van der Waals surface area contributed by atoms with Gasteiger partial charge in [0.1, 0.15) is 0 Å². The van der Waals surface area contributed by atoms with Gasteiger partial charge in [0.25, 0.3) is 5.91 Å². The van der Waals surface area contributed by atoms with Crippen LogP contribution in [-0.2, 0) is 16.0 Å². The van der Waals surface area contributed by atoms with Gasteiger partial charge in [-0.25, -0.2) is 0 Å². The first-order valence-electron chi connectivity index (χ1n) is 8.86. The van der Waals surface area contributed by atoms with Crippen molar-refractivity contribution in [3.63, 3.8) is 0 Å². The second-order valence-corrected chi connectivity index (χ2v) is 7.09. The molecule has 2 aliphatic heterocycles. The Bertz CT molecular complexity index is 888. The lowest BCUT2D eigenvalue weighted by Crippen LogP contribution is -2.29. The predicted octanol–water partition coefficient (Wildman–Crippen LogP) is 2.66. The van der Waals surface area contributed by atoms with Crippen LogP contribution in [-0.4, -0.2) is 24.3 Å². The summed E-state index contributed by atoms with van der Waals surface area (Å²) < 4.78 is 0. The van der Waals surface area contributed by atoms with Crippen molar-refractivity contribution in [1.82, 2.24) is 5.32 Å². The molecule has 0 saturated carbocycles. The zero-order valence-corrected chi connectivity index (χ0v) is 14.6. The highest BCUT2D eigenvalue weighted by molar-refractivity contribution is 6.07. The molecule has 5 nitrogen and oxygen atoms in total. The van der Waals surface area contributed by atoms with Crippen molar-refractivity contribution >= 4 is 23.4 Å². The molecule has 4 rings (SSSR count). The van der Waals surface area contributed by atoms with Crippen molar-refractivity contribution in [3.05, 3.63) is 65.2 Å². The molecule has 2 atom stereocenters. The molecular formula is C21H20N2O3. The topological polar surface area (TPSA) is 66.5 Å². The normalized spacial score (nSPS) is 21.7. The summed E-state index contributed by atoms with van der Waals surface area (Å²) in [4.78, 5) is 37.7. The first kappa shape index (κ1) is 16.5. The summed E-state index contributed by atoms with van der Waals surface area (Å²) in [5.74, 6) is -0.420. The average molecular weight is 348 g/mol. The number of carbonyl (C=O) groups excluding carboxylic acids is 3. The van der Waals surface area contributed by atoms with Crippen LogP contribution in [0.25, 0.3) is 0 Å². The summed E-state index contributed by atoms with van der Waals surface area (Å²) in [6.07, 6.45) is 0.748. The fraction of sp³-hybridized carbons (Fsp3) is 0.286. The molecule has 0 aromatic heterocycles. The molecule has 5 heteroatoms. The Balaban J connectivity index is 1.50. The van der Waals surface area contributed by atoms with Crippen LogP contribution in [0.3, 0.4) is 0 Å². The predicted molar refractivity (Wildman–Crippen MR) is 97.9 cm³/mol. The maximum atomic E-state index is 12.9. The van der Waals surface area contributed by atoms with E-state index in [2.05, 4.69) is 18.3 Å². The lowest BCUT2D eigenvalue weighted by atomic mass is 9.97. The third-order valence-corrected chi connectivity index (χ3v) is 5.21. The Hall–Kier alpha value is -2.95. The van der Waals surface area contributed by atoms with Crippen LogP contribution >= 0.6 is 0 Å². The SMILES string of the molecule is C[C@H]1CN(C(=O)c2ccc(C[C@@H]3CC(=O)NC3=O)cc2)c2ccccc21. The minimum atomic E-state index is -0.310. The highest BCUT2D eigenvalue weighted by atomic mass is 16.2. The van der Waals surface area contributed by atoms with Crippen molar-refractivity contribution in [3.8, 4) is 0 Å². The molecule has 2 heterocycles. The van der Waals surface area contributed by atoms with E-state index in [0.717, 1.165) is 11.3 Å². The number of imide groups is 1. The maximum absolute atomic E-state index is 12.9. The Morgan fingerprint density at radius 2 is 1.85 bits per heavy atom. The number of hydrogen-bond donors (Lipinski definition) is 1. The summed E-state index contributed by atoms with van der Waals surface area (Å²) in [5.41, 5.74) is 3.76. The number of benzene rings is 2. The zero-order chi connectivity index (χ0) is 18.3.